The van der Waals surface area contributed by atoms with Crippen LogP contribution in [0.2, 0.25) is 0 Å². The van der Waals surface area contributed by atoms with Crippen LogP contribution in [0.5, 0.6) is 0 Å². The molecule has 0 radical (unpaired) electrons. The number of sulfonamides is 1. The van der Waals surface area contributed by atoms with Crippen molar-refractivity contribution in [2.45, 2.75) is 31.2 Å². The van der Waals surface area contributed by atoms with E-state index >= 15 is 0 Å². The van der Waals surface area contributed by atoms with Gasteiger partial charge in [-0.2, -0.15) is 0 Å². The molecule has 0 heterocycles. The van der Waals surface area contributed by atoms with Crippen LogP contribution in [0, 0.1) is 0 Å². The van der Waals surface area contributed by atoms with Gasteiger partial charge in [0.2, 0.25) is 15.9 Å². The second-order valence-corrected chi connectivity index (χ2v) is 6.13. The molecule has 0 aromatic heterocycles. The van der Waals surface area contributed by atoms with E-state index in [-0.39, 0.29) is 5.54 Å². The van der Waals surface area contributed by atoms with E-state index < -0.39 is 21.7 Å². The molecule has 0 unspecified atom stereocenters. The van der Waals surface area contributed by atoms with Crippen molar-refractivity contribution in [2.75, 3.05) is 19.3 Å². The quantitative estimate of drug-likeness (QED) is 0.577. The van der Waals surface area contributed by atoms with Crippen molar-refractivity contribution in [2.24, 2.45) is 5.73 Å². The van der Waals surface area contributed by atoms with Crippen molar-refractivity contribution in [3.8, 4) is 0 Å². The molecule has 16 heavy (non-hydrogen) atoms. The van der Waals surface area contributed by atoms with Gasteiger partial charge in [-0.15, -0.1) is 0 Å². The van der Waals surface area contributed by atoms with Gasteiger partial charge in [-0.25, -0.2) is 13.1 Å². The van der Waals surface area contributed by atoms with Crippen LogP contribution in [-0.4, -0.2) is 39.2 Å². The van der Waals surface area contributed by atoms with Gasteiger partial charge in [-0.1, -0.05) is 12.8 Å². The highest BCUT2D eigenvalue weighted by atomic mass is 32.2. The van der Waals surface area contributed by atoms with Crippen molar-refractivity contribution < 1.29 is 13.2 Å². The van der Waals surface area contributed by atoms with Crippen LogP contribution >= 0.6 is 0 Å². The molecular weight excluding hydrogens is 230 g/mol. The average Bonchev–Trinajstić information content (AvgIpc) is 2.66. The van der Waals surface area contributed by atoms with Crippen molar-refractivity contribution in [3.63, 3.8) is 0 Å². The molecule has 4 N–H and O–H groups in total. The molecule has 94 valence electrons. The first kappa shape index (κ1) is 13.4. The molecule has 0 atom stereocenters. The molecule has 1 saturated carbocycles. The summed E-state index contributed by atoms with van der Waals surface area (Å²) >= 11 is 0. The number of nitrogens with one attached hydrogen (secondary N) is 2. The Kier molecular flexibility index (Phi) is 4.28. The van der Waals surface area contributed by atoms with E-state index in [1.165, 1.54) is 7.05 Å². The number of carbonyl (C=O) groups excluding carboxylic acids is 1. The summed E-state index contributed by atoms with van der Waals surface area (Å²) in [7, 11) is -2.21. The van der Waals surface area contributed by atoms with Crippen LogP contribution in [0.4, 0.5) is 0 Å². The molecule has 1 aliphatic rings. The molecule has 6 nitrogen and oxygen atoms in total. The third-order valence-corrected chi connectivity index (χ3v) is 4.25. The summed E-state index contributed by atoms with van der Waals surface area (Å²) in [4.78, 5) is 11.6. The molecule has 0 aromatic carbocycles. The lowest BCUT2D eigenvalue weighted by atomic mass is 9.98. The zero-order valence-electron chi connectivity index (χ0n) is 9.45. The van der Waals surface area contributed by atoms with Crippen molar-refractivity contribution in [1.29, 1.82) is 0 Å². The lowest BCUT2D eigenvalue weighted by molar-refractivity contribution is -0.120. The minimum Gasteiger partial charge on any atom is -0.348 e. The lowest BCUT2D eigenvalue weighted by Gasteiger charge is -2.28. The second-order valence-electron chi connectivity index (χ2n) is 4.20. The molecule has 0 aromatic rings. The fraction of sp³-hybridized carbons (Fsp3) is 0.889. The highest BCUT2D eigenvalue weighted by Gasteiger charge is 2.34. The van der Waals surface area contributed by atoms with Gasteiger partial charge in [0.15, 0.2) is 0 Å². The van der Waals surface area contributed by atoms with Crippen molar-refractivity contribution >= 4 is 15.9 Å². The monoisotopic (exact) mass is 249 g/mol. The summed E-state index contributed by atoms with van der Waals surface area (Å²) < 4.78 is 24.5. The number of rotatable bonds is 5. The SMILES string of the molecule is CNS(=O)(=O)CC(=O)NC1(CN)CCCC1. The first-order chi connectivity index (χ1) is 7.43. The maximum Gasteiger partial charge on any atom is 0.237 e. The van der Waals surface area contributed by atoms with Crippen molar-refractivity contribution in [3.05, 3.63) is 0 Å². The van der Waals surface area contributed by atoms with Crippen LogP contribution in [0.25, 0.3) is 0 Å². The summed E-state index contributed by atoms with van der Waals surface area (Å²) in [5, 5.41) is 2.75. The first-order valence-electron chi connectivity index (χ1n) is 5.35. The topological polar surface area (TPSA) is 101 Å². The van der Waals surface area contributed by atoms with Gasteiger partial charge in [-0.05, 0) is 19.9 Å². The van der Waals surface area contributed by atoms with Gasteiger partial charge in [0.1, 0.15) is 5.75 Å². The Bertz CT molecular complexity index is 347. The zero-order valence-corrected chi connectivity index (χ0v) is 10.3. The molecule has 1 rings (SSSR count). The molecule has 1 amide bonds. The van der Waals surface area contributed by atoms with E-state index in [2.05, 4.69) is 10.0 Å². The van der Waals surface area contributed by atoms with Crippen LogP contribution in [0.15, 0.2) is 0 Å². The summed E-state index contributed by atoms with van der Waals surface area (Å²) in [6.45, 7) is 0.359. The van der Waals surface area contributed by atoms with Crippen LogP contribution < -0.4 is 15.8 Å². The number of hydrogen-bond acceptors (Lipinski definition) is 4. The van der Waals surface area contributed by atoms with Crippen molar-refractivity contribution in [1.82, 2.24) is 10.0 Å². The molecule has 0 bridgehead atoms. The minimum absolute atomic E-state index is 0.359. The van der Waals surface area contributed by atoms with Gasteiger partial charge >= 0.3 is 0 Å². The minimum atomic E-state index is -3.50. The van der Waals surface area contributed by atoms with Gasteiger partial charge in [0.25, 0.3) is 0 Å². The number of hydrogen-bond donors (Lipinski definition) is 3. The van der Waals surface area contributed by atoms with Gasteiger partial charge in [0.05, 0.1) is 5.54 Å². The third kappa shape index (κ3) is 3.43. The highest BCUT2D eigenvalue weighted by Crippen LogP contribution is 2.28. The van der Waals surface area contributed by atoms with E-state index in [1.54, 1.807) is 0 Å². The third-order valence-electron chi connectivity index (χ3n) is 2.99. The molecule has 0 spiro atoms. The first-order valence-corrected chi connectivity index (χ1v) is 7.00. The maximum atomic E-state index is 11.6. The average molecular weight is 249 g/mol. The van der Waals surface area contributed by atoms with E-state index in [4.69, 9.17) is 5.73 Å². The largest absolute Gasteiger partial charge is 0.348 e. The maximum absolute atomic E-state index is 11.6. The number of amides is 1. The van der Waals surface area contributed by atoms with E-state index in [0.29, 0.717) is 6.54 Å². The highest BCUT2D eigenvalue weighted by molar-refractivity contribution is 7.90. The van der Waals surface area contributed by atoms with Crippen LogP contribution in [-0.2, 0) is 14.8 Å². The lowest BCUT2D eigenvalue weighted by Crippen LogP contribution is -2.53. The standard InChI is InChI=1S/C9H19N3O3S/c1-11-16(14,15)6-8(13)12-9(7-10)4-2-3-5-9/h11H,2-7,10H2,1H3,(H,12,13). The van der Waals surface area contributed by atoms with Gasteiger partial charge in [-0.3, -0.25) is 4.79 Å². The fourth-order valence-corrected chi connectivity index (χ4v) is 2.57. The Labute approximate surface area is 96.0 Å². The molecule has 0 aliphatic heterocycles. The Morgan fingerprint density at radius 2 is 1.94 bits per heavy atom. The van der Waals surface area contributed by atoms with Gasteiger partial charge in [0, 0.05) is 6.54 Å². The second kappa shape index (κ2) is 5.11. The van der Waals surface area contributed by atoms with E-state index in [0.717, 1.165) is 25.7 Å². The number of nitrogens with two attached hydrogens (primary N) is 1. The molecule has 0 saturated heterocycles. The molecule has 7 heteroatoms. The Morgan fingerprint density at radius 3 is 2.38 bits per heavy atom. The van der Waals surface area contributed by atoms with E-state index in [9.17, 15) is 13.2 Å². The Morgan fingerprint density at radius 1 is 1.38 bits per heavy atom. The van der Waals surface area contributed by atoms with Crippen LogP contribution in [0.1, 0.15) is 25.7 Å². The normalized spacial score (nSPS) is 19.6. The predicted molar refractivity (Wildman–Crippen MR) is 61.2 cm³/mol. The fourth-order valence-electron chi connectivity index (χ4n) is 2.01. The molecule has 1 fully saturated rings. The predicted octanol–water partition coefficient (Wildman–Crippen LogP) is -1.08. The van der Waals surface area contributed by atoms with Gasteiger partial charge < -0.3 is 11.1 Å². The Balaban J connectivity index is 2.57. The summed E-state index contributed by atoms with van der Waals surface area (Å²) in [6, 6.07) is 0. The Hall–Kier alpha value is -0.660. The zero-order chi connectivity index (χ0) is 12.2. The molecular formula is C9H19N3O3S. The van der Waals surface area contributed by atoms with E-state index in [1.807, 2.05) is 0 Å². The smallest absolute Gasteiger partial charge is 0.237 e. The number of carbonyl (C=O) groups is 1. The molecule has 1 aliphatic carbocycles. The summed E-state index contributed by atoms with van der Waals surface area (Å²) in [6.07, 6.45) is 3.70. The summed E-state index contributed by atoms with van der Waals surface area (Å²) in [5.41, 5.74) is 5.25. The summed E-state index contributed by atoms with van der Waals surface area (Å²) in [5.74, 6) is -1.02. The van der Waals surface area contributed by atoms with Crippen LogP contribution in [0.3, 0.4) is 0 Å².